The van der Waals surface area contributed by atoms with Crippen molar-refractivity contribution in [3.8, 4) is 5.69 Å². The highest BCUT2D eigenvalue weighted by Gasteiger charge is 2.42. The number of aromatic nitrogens is 2. The zero-order valence-electron chi connectivity index (χ0n) is 21.2. The third-order valence-corrected chi connectivity index (χ3v) is 7.77. The van der Waals surface area contributed by atoms with E-state index in [0.29, 0.717) is 5.11 Å². The van der Waals surface area contributed by atoms with Gasteiger partial charge in [0.05, 0.1) is 24.9 Å². The first kappa shape index (κ1) is 23.7. The molecule has 2 fully saturated rings. The summed E-state index contributed by atoms with van der Waals surface area (Å²) in [7, 11) is 0. The summed E-state index contributed by atoms with van der Waals surface area (Å²) in [5, 5.41) is 4.29. The van der Waals surface area contributed by atoms with Crippen LogP contribution in [0.5, 0.6) is 0 Å². The standard InChI is InChI=1S/C30H31N5OS/c1-21-8-9-25(20-22(21)2)34-15-5-7-27(34)29-28(26-6-3-4-14-31-26)32-30(37)35(29)24-12-10-23(11-13-24)33-16-18-36-19-17-33/h3-15,20,28-29H,16-19H2,1-2H3,(H,32,37). The minimum Gasteiger partial charge on any atom is -0.378 e. The summed E-state index contributed by atoms with van der Waals surface area (Å²) >= 11 is 5.96. The lowest BCUT2D eigenvalue weighted by atomic mass is 10.0. The molecule has 188 valence electrons. The van der Waals surface area contributed by atoms with Gasteiger partial charge in [0.25, 0.3) is 0 Å². The normalized spacial score (nSPS) is 19.8. The molecule has 0 saturated carbocycles. The van der Waals surface area contributed by atoms with Crippen LogP contribution in [-0.4, -0.2) is 41.0 Å². The molecule has 2 atom stereocenters. The maximum Gasteiger partial charge on any atom is 0.174 e. The molecule has 4 heterocycles. The Kier molecular flexibility index (Phi) is 6.40. The molecule has 2 aliphatic rings. The van der Waals surface area contributed by atoms with E-state index in [1.54, 1.807) is 0 Å². The summed E-state index contributed by atoms with van der Waals surface area (Å²) in [6, 6.07) is 25.5. The molecule has 2 aromatic carbocycles. The van der Waals surface area contributed by atoms with Crippen LogP contribution in [0.1, 0.15) is 34.6 Å². The van der Waals surface area contributed by atoms with Crippen molar-refractivity contribution in [1.82, 2.24) is 14.9 Å². The van der Waals surface area contributed by atoms with Crippen molar-refractivity contribution in [3.05, 3.63) is 108 Å². The molecule has 2 aliphatic heterocycles. The molecule has 0 amide bonds. The molecule has 0 bridgehead atoms. The Morgan fingerprint density at radius 1 is 0.865 bits per heavy atom. The van der Waals surface area contributed by atoms with E-state index in [2.05, 4.69) is 100 Å². The molecule has 0 spiro atoms. The second-order valence-corrected chi connectivity index (χ2v) is 10.1. The van der Waals surface area contributed by atoms with E-state index in [0.717, 1.165) is 49.1 Å². The molecular weight excluding hydrogens is 478 g/mol. The van der Waals surface area contributed by atoms with Crippen molar-refractivity contribution in [2.24, 2.45) is 0 Å². The van der Waals surface area contributed by atoms with Crippen molar-refractivity contribution in [2.75, 3.05) is 36.1 Å². The number of hydrogen-bond donors (Lipinski definition) is 1. The molecular formula is C30H31N5OS. The van der Waals surface area contributed by atoms with Gasteiger partial charge in [-0.3, -0.25) is 4.98 Å². The number of aryl methyl sites for hydroxylation is 2. The zero-order valence-corrected chi connectivity index (χ0v) is 22.0. The van der Waals surface area contributed by atoms with Gasteiger partial charge in [-0.1, -0.05) is 12.1 Å². The van der Waals surface area contributed by atoms with Gasteiger partial charge in [-0.05, 0) is 97.9 Å². The van der Waals surface area contributed by atoms with Crippen LogP contribution in [0.2, 0.25) is 0 Å². The van der Waals surface area contributed by atoms with Crippen molar-refractivity contribution >= 4 is 28.7 Å². The van der Waals surface area contributed by atoms with Crippen molar-refractivity contribution in [1.29, 1.82) is 0 Å². The number of pyridine rings is 1. The molecule has 0 aliphatic carbocycles. The minimum atomic E-state index is -0.0900. The highest BCUT2D eigenvalue weighted by atomic mass is 32.1. The fraction of sp³-hybridized carbons (Fsp3) is 0.267. The SMILES string of the molecule is Cc1ccc(-n2cccc2C2C(c3ccccn3)NC(=S)N2c2ccc(N3CCOCC3)cc2)cc1C. The van der Waals surface area contributed by atoms with Gasteiger partial charge in [-0.2, -0.15) is 0 Å². The van der Waals surface area contributed by atoms with Crippen molar-refractivity contribution < 1.29 is 4.74 Å². The number of ether oxygens (including phenoxy) is 1. The number of nitrogens with zero attached hydrogens (tertiary/aromatic N) is 4. The predicted molar refractivity (Wildman–Crippen MR) is 153 cm³/mol. The summed E-state index contributed by atoms with van der Waals surface area (Å²) in [4.78, 5) is 9.32. The van der Waals surface area contributed by atoms with Gasteiger partial charge < -0.3 is 24.4 Å². The van der Waals surface area contributed by atoms with Crippen LogP contribution in [0, 0.1) is 13.8 Å². The van der Waals surface area contributed by atoms with E-state index >= 15 is 0 Å². The van der Waals surface area contributed by atoms with E-state index in [4.69, 9.17) is 21.9 Å². The van der Waals surface area contributed by atoms with E-state index in [9.17, 15) is 0 Å². The number of morpholine rings is 1. The van der Waals surface area contributed by atoms with Crippen LogP contribution in [0.25, 0.3) is 5.69 Å². The van der Waals surface area contributed by atoms with Crippen molar-refractivity contribution in [3.63, 3.8) is 0 Å². The molecule has 2 unspecified atom stereocenters. The van der Waals surface area contributed by atoms with E-state index in [1.165, 1.54) is 16.8 Å². The average Bonchev–Trinajstić information content (AvgIpc) is 3.56. The highest BCUT2D eigenvalue weighted by molar-refractivity contribution is 7.80. The number of anilines is 2. The molecule has 6 rings (SSSR count). The lowest BCUT2D eigenvalue weighted by Crippen LogP contribution is -2.36. The number of benzene rings is 2. The van der Waals surface area contributed by atoms with Crippen LogP contribution in [0.15, 0.2) is 85.2 Å². The number of rotatable bonds is 5. The first-order valence-electron chi connectivity index (χ1n) is 12.8. The number of hydrogen-bond acceptors (Lipinski definition) is 4. The number of thiocarbonyl (C=S) groups is 1. The Hall–Kier alpha value is -3.68. The lowest BCUT2D eigenvalue weighted by Gasteiger charge is -2.31. The molecule has 2 aromatic heterocycles. The zero-order chi connectivity index (χ0) is 25.4. The van der Waals surface area contributed by atoms with Gasteiger partial charge >= 0.3 is 0 Å². The van der Waals surface area contributed by atoms with Crippen LogP contribution in [0.4, 0.5) is 11.4 Å². The second kappa shape index (κ2) is 10.00. The van der Waals surface area contributed by atoms with Gasteiger partial charge in [-0.25, -0.2) is 0 Å². The molecule has 6 nitrogen and oxygen atoms in total. The molecule has 4 aromatic rings. The van der Waals surface area contributed by atoms with Crippen molar-refractivity contribution in [2.45, 2.75) is 25.9 Å². The lowest BCUT2D eigenvalue weighted by molar-refractivity contribution is 0.122. The summed E-state index contributed by atoms with van der Waals surface area (Å²) in [5.74, 6) is 0. The Balaban J connectivity index is 1.42. The van der Waals surface area contributed by atoms with E-state index in [1.807, 2.05) is 18.3 Å². The maximum atomic E-state index is 5.96. The monoisotopic (exact) mass is 509 g/mol. The van der Waals surface area contributed by atoms with Gasteiger partial charge in [0.15, 0.2) is 5.11 Å². The molecule has 0 radical (unpaired) electrons. The van der Waals surface area contributed by atoms with Gasteiger partial charge in [-0.15, -0.1) is 0 Å². The second-order valence-electron chi connectivity index (χ2n) is 9.68. The van der Waals surface area contributed by atoms with Crippen LogP contribution in [-0.2, 0) is 4.74 Å². The minimum absolute atomic E-state index is 0.0757. The summed E-state index contributed by atoms with van der Waals surface area (Å²) in [5.41, 5.74) is 8.10. The van der Waals surface area contributed by atoms with Crippen LogP contribution >= 0.6 is 12.2 Å². The first-order chi connectivity index (χ1) is 18.1. The molecule has 37 heavy (non-hydrogen) atoms. The quantitative estimate of drug-likeness (QED) is 0.358. The number of nitrogens with one attached hydrogen (secondary N) is 1. The summed E-state index contributed by atoms with van der Waals surface area (Å²) in [6.07, 6.45) is 3.98. The van der Waals surface area contributed by atoms with Gasteiger partial charge in [0.2, 0.25) is 0 Å². The highest BCUT2D eigenvalue weighted by Crippen LogP contribution is 2.42. The fourth-order valence-corrected chi connectivity index (χ4v) is 5.67. The van der Waals surface area contributed by atoms with Gasteiger partial charge in [0, 0.05) is 48.2 Å². The smallest absolute Gasteiger partial charge is 0.174 e. The summed E-state index contributed by atoms with van der Waals surface area (Å²) in [6.45, 7) is 7.67. The van der Waals surface area contributed by atoms with Crippen LogP contribution in [0.3, 0.4) is 0 Å². The average molecular weight is 510 g/mol. The third kappa shape index (κ3) is 4.49. The topological polar surface area (TPSA) is 45.6 Å². The first-order valence-corrected chi connectivity index (χ1v) is 13.2. The maximum absolute atomic E-state index is 5.96. The third-order valence-electron chi connectivity index (χ3n) is 7.45. The Bertz CT molecular complexity index is 1400. The Labute approximate surface area is 223 Å². The molecule has 7 heteroatoms. The van der Waals surface area contributed by atoms with E-state index < -0.39 is 0 Å². The van der Waals surface area contributed by atoms with Crippen LogP contribution < -0.4 is 15.1 Å². The Morgan fingerprint density at radius 3 is 2.35 bits per heavy atom. The fourth-order valence-electron chi connectivity index (χ4n) is 5.32. The Morgan fingerprint density at radius 2 is 1.62 bits per heavy atom. The van der Waals surface area contributed by atoms with E-state index in [-0.39, 0.29) is 12.1 Å². The molecule has 2 saturated heterocycles. The predicted octanol–water partition coefficient (Wildman–Crippen LogP) is 5.50. The van der Waals surface area contributed by atoms with Gasteiger partial charge in [0.1, 0.15) is 6.04 Å². The molecule has 1 N–H and O–H groups in total. The largest absolute Gasteiger partial charge is 0.378 e. The summed E-state index contributed by atoms with van der Waals surface area (Å²) < 4.78 is 7.80.